The van der Waals surface area contributed by atoms with Crippen LogP contribution in [0.25, 0.3) is 5.76 Å². The van der Waals surface area contributed by atoms with Crippen molar-refractivity contribution in [2.45, 2.75) is 54.9 Å². The molecule has 0 saturated heterocycles. The summed E-state index contributed by atoms with van der Waals surface area (Å²) >= 11 is 1.36. The lowest BCUT2D eigenvalue weighted by atomic mass is 10.1. The van der Waals surface area contributed by atoms with Crippen LogP contribution in [0, 0.1) is 0 Å². The minimum absolute atomic E-state index is 0.224. The zero-order chi connectivity index (χ0) is 31.3. The van der Waals surface area contributed by atoms with Crippen LogP contribution < -0.4 is 4.90 Å². The molecule has 0 spiro atoms. The van der Waals surface area contributed by atoms with E-state index in [0.717, 1.165) is 22.6 Å². The lowest BCUT2D eigenvalue weighted by Crippen LogP contribution is -2.26. The maximum Gasteiger partial charge on any atom is 0.335 e. The van der Waals surface area contributed by atoms with Crippen LogP contribution in [0.1, 0.15) is 70.8 Å². The van der Waals surface area contributed by atoms with Crippen LogP contribution in [0.4, 0.5) is 11.4 Å². The topological polar surface area (TPSA) is 79.2 Å². The fourth-order valence-corrected chi connectivity index (χ4v) is 4.31. The molecule has 0 bridgehead atoms. The summed E-state index contributed by atoms with van der Waals surface area (Å²) in [5, 5.41) is 9.63. The van der Waals surface area contributed by atoms with E-state index in [0.29, 0.717) is 28.8 Å². The van der Waals surface area contributed by atoms with Gasteiger partial charge in [0.1, 0.15) is 11.5 Å². The summed E-state index contributed by atoms with van der Waals surface area (Å²) in [5.74, 6) is 0.357. The van der Waals surface area contributed by atoms with Gasteiger partial charge in [-0.2, -0.15) is 0 Å². The summed E-state index contributed by atoms with van der Waals surface area (Å²) in [6.07, 6.45) is 7.24. The molecular formula is C35H42N2O4S. The molecule has 7 heteroatoms. The lowest BCUT2D eigenvalue weighted by Gasteiger charge is -2.20. The molecule has 1 N–H and O–H groups in total. The number of thioether (sulfide) groups is 1. The van der Waals surface area contributed by atoms with Crippen molar-refractivity contribution >= 4 is 46.4 Å². The van der Waals surface area contributed by atoms with Crippen molar-refractivity contribution in [1.82, 2.24) is 0 Å². The molecule has 0 radical (unpaired) electrons. The quantitative estimate of drug-likeness (QED) is 0.169. The number of anilines is 1. The van der Waals surface area contributed by atoms with Crippen LogP contribution >= 0.6 is 11.8 Å². The number of para-hydroxylation sites is 2. The number of aromatic carboxylic acids is 1. The van der Waals surface area contributed by atoms with E-state index in [-0.39, 0.29) is 5.56 Å². The highest BCUT2D eigenvalue weighted by Crippen LogP contribution is 2.30. The molecule has 0 atom stereocenters. The molecule has 0 unspecified atom stereocenters. The minimum Gasteiger partial charge on any atom is -0.478 e. The molecule has 1 aliphatic heterocycles. The Balaban J connectivity index is 0.00000138. The largest absolute Gasteiger partial charge is 0.478 e. The first-order valence-electron chi connectivity index (χ1n) is 14.2. The maximum absolute atomic E-state index is 12.1. The predicted octanol–water partition coefficient (Wildman–Crippen LogP) is 10.1. The number of carboxylic acid groups (broad SMARTS) is 1. The predicted molar refractivity (Wildman–Crippen MR) is 179 cm³/mol. The first-order valence-corrected chi connectivity index (χ1v) is 15.1. The second kappa shape index (κ2) is 20.5. The number of nitrogens with zero attached hydrogens (tertiary/aromatic N) is 2. The number of amidine groups is 1. The number of allylic oxidation sites excluding steroid dienone is 4. The van der Waals surface area contributed by atoms with Gasteiger partial charge in [-0.05, 0) is 72.9 Å². The van der Waals surface area contributed by atoms with Gasteiger partial charge in [0.15, 0.2) is 5.17 Å². The first-order chi connectivity index (χ1) is 20.5. The van der Waals surface area contributed by atoms with Crippen LogP contribution in [0.5, 0.6) is 0 Å². The van der Waals surface area contributed by atoms with Gasteiger partial charge in [0.25, 0.3) is 0 Å². The van der Waals surface area contributed by atoms with Gasteiger partial charge in [-0.25, -0.2) is 9.79 Å². The third-order valence-electron chi connectivity index (χ3n) is 5.19. The highest BCUT2D eigenvalue weighted by molar-refractivity contribution is 8.17. The van der Waals surface area contributed by atoms with Gasteiger partial charge < -0.3 is 9.84 Å². The molecule has 6 nitrogen and oxygen atoms in total. The Morgan fingerprint density at radius 2 is 1.43 bits per heavy atom. The average molecular weight is 587 g/mol. The Bertz CT molecular complexity index is 1350. The first kappa shape index (κ1) is 35.7. The van der Waals surface area contributed by atoms with Crippen LogP contribution in [-0.2, 0) is 9.53 Å². The van der Waals surface area contributed by atoms with Crippen molar-refractivity contribution in [3.8, 4) is 0 Å². The Morgan fingerprint density at radius 1 is 0.857 bits per heavy atom. The van der Waals surface area contributed by atoms with Gasteiger partial charge in [-0.15, -0.1) is 0 Å². The van der Waals surface area contributed by atoms with E-state index >= 15 is 0 Å². The summed E-state index contributed by atoms with van der Waals surface area (Å²) in [7, 11) is 0. The van der Waals surface area contributed by atoms with Crippen molar-refractivity contribution in [2.24, 2.45) is 4.99 Å². The zero-order valence-corrected chi connectivity index (χ0v) is 26.4. The highest BCUT2D eigenvalue weighted by atomic mass is 32.2. The molecule has 1 amide bonds. The van der Waals surface area contributed by atoms with E-state index in [1.54, 1.807) is 24.3 Å². The van der Waals surface area contributed by atoms with Crippen LogP contribution in [-0.4, -0.2) is 22.7 Å². The minimum atomic E-state index is -0.968. The molecule has 3 aromatic carbocycles. The average Bonchev–Trinajstić information content (AvgIpc) is 3.05. The summed E-state index contributed by atoms with van der Waals surface area (Å²) in [4.78, 5) is 30.4. The van der Waals surface area contributed by atoms with Crippen LogP contribution in [0.15, 0.2) is 119 Å². The van der Waals surface area contributed by atoms with Crippen molar-refractivity contribution in [1.29, 1.82) is 0 Å². The molecule has 42 heavy (non-hydrogen) atoms. The van der Waals surface area contributed by atoms with Crippen LogP contribution in [0.2, 0.25) is 0 Å². The van der Waals surface area contributed by atoms with Crippen molar-refractivity contribution < 1.29 is 19.4 Å². The summed E-state index contributed by atoms with van der Waals surface area (Å²) < 4.78 is 6.08. The summed E-state index contributed by atoms with van der Waals surface area (Å²) in [6.45, 7) is 13.9. The molecule has 0 fully saturated rings. The van der Waals surface area contributed by atoms with Gasteiger partial charge >= 0.3 is 5.97 Å². The SMILES string of the molecule is C/C(=C/C1=CCC=C(c2ccc(C(=O)O)cc2)O1)SC(=Nc1ccccc1)N(C=O)c1ccccc1.CC.CC.CC. The standard InChI is InChI=1S/C29H24N2O4S.3C2H6/c1-21(19-26-13-8-14-27(35-26)22-15-17-23(18-16-22)28(33)34)36-29(30-24-9-4-2-5-10-24)31(20-32)25-11-6-3-7-12-25;3*1-2/h2-7,9-20H,8H2,1H3,(H,33,34);3*1-2H3/b21-19-,30-29?;;;. The smallest absolute Gasteiger partial charge is 0.335 e. The Hall–Kier alpha value is -4.36. The van der Waals surface area contributed by atoms with E-state index < -0.39 is 5.97 Å². The summed E-state index contributed by atoms with van der Waals surface area (Å²) in [6, 6.07) is 25.4. The van der Waals surface area contributed by atoms with E-state index in [4.69, 9.17) is 14.8 Å². The number of amides is 1. The molecule has 3 aromatic rings. The third kappa shape index (κ3) is 11.3. The van der Waals surface area contributed by atoms with E-state index in [1.165, 1.54) is 16.7 Å². The highest BCUT2D eigenvalue weighted by Gasteiger charge is 2.16. The van der Waals surface area contributed by atoms with Crippen molar-refractivity contribution in [3.63, 3.8) is 0 Å². The maximum atomic E-state index is 12.1. The molecule has 0 aliphatic carbocycles. The Labute approximate surface area is 255 Å². The van der Waals surface area contributed by atoms with E-state index in [9.17, 15) is 9.59 Å². The number of aliphatic imine (C=N–C) groups is 1. The lowest BCUT2D eigenvalue weighted by molar-refractivity contribution is -0.106. The number of carboxylic acids is 1. The van der Waals surface area contributed by atoms with Gasteiger partial charge in [0, 0.05) is 5.56 Å². The van der Waals surface area contributed by atoms with Gasteiger partial charge in [0.2, 0.25) is 6.41 Å². The van der Waals surface area contributed by atoms with Crippen molar-refractivity contribution in [2.75, 3.05) is 4.90 Å². The number of rotatable bonds is 7. The number of hydrogen-bond donors (Lipinski definition) is 1. The van der Waals surface area contributed by atoms with Gasteiger partial charge in [0.05, 0.1) is 16.9 Å². The molecular weight excluding hydrogens is 544 g/mol. The fraction of sp³-hybridized carbons (Fsp3) is 0.229. The second-order valence-corrected chi connectivity index (χ2v) is 9.01. The second-order valence-electron chi connectivity index (χ2n) is 7.79. The number of hydrogen-bond acceptors (Lipinski definition) is 5. The Kier molecular flexibility index (Phi) is 17.4. The molecule has 1 aliphatic rings. The number of carbonyl (C=O) groups excluding carboxylic acids is 1. The number of carbonyl (C=O) groups is 2. The molecule has 0 saturated carbocycles. The normalized spacial score (nSPS) is 12.3. The van der Waals surface area contributed by atoms with Gasteiger partial charge in [-0.3, -0.25) is 9.69 Å². The monoisotopic (exact) mass is 586 g/mol. The van der Waals surface area contributed by atoms with Crippen molar-refractivity contribution in [3.05, 3.63) is 125 Å². The number of ether oxygens (including phenoxy) is 1. The summed E-state index contributed by atoms with van der Waals surface area (Å²) in [5.41, 5.74) is 2.47. The van der Waals surface area contributed by atoms with Gasteiger partial charge in [-0.1, -0.05) is 102 Å². The zero-order valence-electron chi connectivity index (χ0n) is 25.6. The van der Waals surface area contributed by atoms with E-state index in [1.807, 2.05) is 127 Å². The molecule has 4 rings (SSSR count). The molecule has 0 aromatic heterocycles. The van der Waals surface area contributed by atoms with E-state index in [2.05, 4.69) is 0 Å². The van der Waals surface area contributed by atoms with Crippen LogP contribution in [0.3, 0.4) is 0 Å². The number of benzene rings is 3. The third-order valence-corrected chi connectivity index (χ3v) is 6.10. The Morgan fingerprint density at radius 3 is 1.98 bits per heavy atom. The molecule has 1 heterocycles. The fourth-order valence-electron chi connectivity index (χ4n) is 3.45. The molecule has 222 valence electrons.